The third kappa shape index (κ3) is 2.66. The van der Waals surface area contributed by atoms with Crippen molar-refractivity contribution in [2.45, 2.75) is 0 Å². The van der Waals surface area contributed by atoms with Crippen LogP contribution in [0.15, 0.2) is 36.4 Å². The first-order valence-corrected chi connectivity index (χ1v) is 5.86. The number of nitro groups is 1. The number of nitrogens with two attached hydrogens (primary N) is 1. The molecule has 0 aromatic heterocycles. The topological polar surface area (TPSA) is 95.5 Å². The second kappa shape index (κ2) is 5.58. The standard InChI is InChI=1S/C14H11FN2O4/c1-21-13-7-12(17(19)20)11(15)6-10(13)8-4-2-3-5-9(8)14(16)18/h2-7H,1H3,(H2,16,18). The van der Waals surface area contributed by atoms with Crippen LogP contribution in [0.2, 0.25) is 0 Å². The molecule has 21 heavy (non-hydrogen) atoms. The highest BCUT2D eigenvalue weighted by molar-refractivity contribution is 6.00. The average Bonchev–Trinajstić information content (AvgIpc) is 2.46. The van der Waals surface area contributed by atoms with E-state index in [1.165, 1.54) is 13.2 Å². The SMILES string of the molecule is COc1cc([N+](=O)[O-])c(F)cc1-c1ccccc1C(N)=O. The first-order chi connectivity index (χ1) is 9.95. The van der Waals surface area contributed by atoms with Gasteiger partial charge in [0.25, 0.3) is 0 Å². The Morgan fingerprint density at radius 3 is 2.52 bits per heavy atom. The first-order valence-electron chi connectivity index (χ1n) is 5.86. The number of hydrogen-bond acceptors (Lipinski definition) is 4. The Hall–Kier alpha value is -2.96. The zero-order chi connectivity index (χ0) is 15.6. The number of hydrogen-bond donors (Lipinski definition) is 1. The molecule has 0 unspecified atom stereocenters. The summed E-state index contributed by atoms with van der Waals surface area (Å²) >= 11 is 0. The minimum atomic E-state index is -1.02. The van der Waals surface area contributed by atoms with Crippen molar-refractivity contribution in [2.75, 3.05) is 7.11 Å². The Kier molecular flexibility index (Phi) is 3.84. The molecule has 2 aromatic carbocycles. The molecule has 0 spiro atoms. The molecule has 0 aliphatic heterocycles. The summed E-state index contributed by atoms with van der Waals surface area (Å²) in [5.74, 6) is -1.63. The summed E-state index contributed by atoms with van der Waals surface area (Å²) in [7, 11) is 1.30. The molecule has 6 nitrogen and oxygen atoms in total. The zero-order valence-electron chi connectivity index (χ0n) is 11.0. The lowest BCUT2D eigenvalue weighted by Gasteiger charge is -2.11. The highest BCUT2D eigenvalue weighted by Crippen LogP contribution is 2.36. The highest BCUT2D eigenvalue weighted by atomic mass is 19.1. The lowest BCUT2D eigenvalue weighted by Crippen LogP contribution is -2.12. The van der Waals surface area contributed by atoms with Crippen LogP contribution in [0, 0.1) is 15.9 Å². The number of nitro benzene ring substituents is 1. The van der Waals surface area contributed by atoms with E-state index in [0.29, 0.717) is 5.56 Å². The Bertz CT molecular complexity index is 731. The molecule has 0 aliphatic rings. The predicted molar refractivity (Wildman–Crippen MR) is 73.6 cm³/mol. The van der Waals surface area contributed by atoms with Crippen LogP contribution < -0.4 is 10.5 Å². The number of carbonyl (C=O) groups is 1. The molecule has 0 radical (unpaired) electrons. The Morgan fingerprint density at radius 1 is 1.29 bits per heavy atom. The van der Waals surface area contributed by atoms with Crippen LogP contribution in [0.3, 0.4) is 0 Å². The van der Waals surface area contributed by atoms with Gasteiger partial charge in [0.1, 0.15) is 5.75 Å². The number of ether oxygens (including phenoxy) is 1. The molecule has 0 fully saturated rings. The van der Waals surface area contributed by atoms with Crippen molar-refractivity contribution in [1.29, 1.82) is 0 Å². The molecule has 0 atom stereocenters. The van der Waals surface area contributed by atoms with Gasteiger partial charge in [-0.1, -0.05) is 18.2 Å². The Morgan fingerprint density at radius 2 is 1.95 bits per heavy atom. The maximum absolute atomic E-state index is 13.8. The van der Waals surface area contributed by atoms with Crippen LogP contribution in [-0.2, 0) is 0 Å². The van der Waals surface area contributed by atoms with Gasteiger partial charge < -0.3 is 10.5 Å². The Balaban J connectivity index is 2.73. The molecule has 0 saturated carbocycles. The largest absolute Gasteiger partial charge is 0.496 e. The summed E-state index contributed by atoms with van der Waals surface area (Å²) < 4.78 is 18.9. The number of methoxy groups -OCH3 is 1. The van der Waals surface area contributed by atoms with Gasteiger partial charge in [-0.3, -0.25) is 14.9 Å². The molecule has 7 heteroatoms. The minimum absolute atomic E-state index is 0.0804. The van der Waals surface area contributed by atoms with Crippen molar-refractivity contribution in [3.63, 3.8) is 0 Å². The van der Waals surface area contributed by atoms with Crippen LogP contribution in [-0.4, -0.2) is 17.9 Å². The fourth-order valence-electron chi connectivity index (χ4n) is 1.99. The molecule has 0 aliphatic carbocycles. The van der Waals surface area contributed by atoms with Crippen LogP contribution in [0.5, 0.6) is 5.75 Å². The molecule has 2 N–H and O–H groups in total. The first kappa shape index (κ1) is 14.4. The summed E-state index contributed by atoms with van der Waals surface area (Å²) in [6, 6.07) is 8.22. The van der Waals surface area contributed by atoms with Gasteiger partial charge in [-0.15, -0.1) is 0 Å². The van der Waals surface area contributed by atoms with Gasteiger partial charge in [0.2, 0.25) is 11.7 Å². The molecule has 1 amide bonds. The number of benzene rings is 2. The molecule has 0 bridgehead atoms. The quantitative estimate of drug-likeness (QED) is 0.691. The summed E-state index contributed by atoms with van der Waals surface area (Å²) in [5.41, 5.74) is 5.31. The van der Waals surface area contributed by atoms with E-state index in [2.05, 4.69) is 0 Å². The molecular formula is C14H11FN2O4. The Labute approximate surface area is 119 Å². The van der Waals surface area contributed by atoms with E-state index >= 15 is 0 Å². The molecular weight excluding hydrogens is 279 g/mol. The van der Waals surface area contributed by atoms with Crippen LogP contribution in [0.4, 0.5) is 10.1 Å². The van der Waals surface area contributed by atoms with Gasteiger partial charge in [-0.2, -0.15) is 4.39 Å². The fourth-order valence-corrected chi connectivity index (χ4v) is 1.99. The molecule has 0 saturated heterocycles. The van der Waals surface area contributed by atoms with E-state index in [4.69, 9.17) is 10.5 Å². The number of carbonyl (C=O) groups excluding carboxylic acids is 1. The monoisotopic (exact) mass is 290 g/mol. The zero-order valence-corrected chi connectivity index (χ0v) is 11.0. The normalized spacial score (nSPS) is 10.2. The smallest absolute Gasteiger partial charge is 0.308 e. The number of amides is 1. The molecule has 108 valence electrons. The highest BCUT2D eigenvalue weighted by Gasteiger charge is 2.21. The van der Waals surface area contributed by atoms with Crippen molar-refractivity contribution in [3.05, 3.63) is 57.9 Å². The fraction of sp³-hybridized carbons (Fsp3) is 0.0714. The summed E-state index contributed by atoms with van der Waals surface area (Å²) in [4.78, 5) is 21.3. The second-order valence-electron chi connectivity index (χ2n) is 4.17. The van der Waals surface area contributed by atoms with Crippen LogP contribution >= 0.6 is 0 Å². The van der Waals surface area contributed by atoms with E-state index in [1.807, 2.05) is 0 Å². The summed E-state index contributed by atoms with van der Waals surface area (Å²) in [5, 5.41) is 10.7. The molecule has 2 rings (SSSR count). The molecule has 0 heterocycles. The summed E-state index contributed by atoms with van der Waals surface area (Å²) in [6.07, 6.45) is 0. The van der Waals surface area contributed by atoms with Crippen molar-refractivity contribution in [1.82, 2.24) is 0 Å². The number of nitrogens with zero attached hydrogens (tertiary/aromatic N) is 1. The maximum atomic E-state index is 13.8. The van der Waals surface area contributed by atoms with Crippen molar-refractivity contribution < 1.29 is 18.8 Å². The van der Waals surface area contributed by atoms with Gasteiger partial charge in [0, 0.05) is 11.1 Å². The van der Waals surface area contributed by atoms with Gasteiger partial charge in [-0.25, -0.2) is 0 Å². The lowest BCUT2D eigenvalue weighted by atomic mass is 9.98. The van der Waals surface area contributed by atoms with Crippen molar-refractivity contribution >= 4 is 11.6 Å². The van der Waals surface area contributed by atoms with E-state index in [-0.39, 0.29) is 16.9 Å². The predicted octanol–water partition coefficient (Wildman–Crippen LogP) is 2.51. The average molecular weight is 290 g/mol. The van der Waals surface area contributed by atoms with Gasteiger partial charge in [-0.05, 0) is 17.7 Å². The number of halogens is 1. The van der Waals surface area contributed by atoms with E-state index in [9.17, 15) is 19.3 Å². The van der Waals surface area contributed by atoms with Crippen LogP contribution in [0.1, 0.15) is 10.4 Å². The minimum Gasteiger partial charge on any atom is -0.496 e. The van der Waals surface area contributed by atoms with Crippen molar-refractivity contribution in [3.8, 4) is 16.9 Å². The lowest BCUT2D eigenvalue weighted by molar-refractivity contribution is -0.387. The second-order valence-corrected chi connectivity index (χ2v) is 4.17. The number of primary amides is 1. The summed E-state index contributed by atoms with van der Waals surface area (Å²) in [6.45, 7) is 0. The number of rotatable bonds is 4. The van der Waals surface area contributed by atoms with E-state index < -0.39 is 22.3 Å². The molecule has 2 aromatic rings. The van der Waals surface area contributed by atoms with Crippen molar-refractivity contribution in [2.24, 2.45) is 5.73 Å². The van der Waals surface area contributed by atoms with Crippen LogP contribution in [0.25, 0.3) is 11.1 Å². The van der Waals surface area contributed by atoms with Gasteiger partial charge in [0.15, 0.2) is 0 Å². The third-order valence-electron chi connectivity index (χ3n) is 2.95. The van der Waals surface area contributed by atoms with Gasteiger partial charge >= 0.3 is 5.69 Å². The van der Waals surface area contributed by atoms with Gasteiger partial charge in [0.05, 0.1) is 18.1 Å². The third-order valence-corrected chi connectivity index (χ3v) is 2.95. The van der Waals surface area contributed by atoms with E-state index in [1.54, 1.807) is 18.2 Å². The van der Waals surface area contributed by atoms with E-state index in [0.717, 1.165) is 12.1 Å². The maximum Gasteiger partial charge on any atom is 0.308 e.